The van der Waals surface area contributed by atoms with Crippen molar-refractivity contribution in [3.8, 4) is 11.4 Å². The first-order chi connectivity index (χ1) is 15.9. The molecule has 176 valence electrons. The van der Waals surface area contributed by atoms with Crippen LogP contribution >= 0.6 is 0 Å². The third kappa shape index (κ3) is 4.39. The van der Waals surface area contributed by atoms with Gasteiger partial charge in [-0.05, 0) is 34.1 Å². The van der Waals surface area contributed by atoms with Gasteiger partial charge in [0.2, 0.25) is 5.91 Å². The van der Waals surface area contributed by atoms with Crippen LogP contribution in [0.25, 0.3) is 22.6 Å². The number of morpholine rings is 1. The summed E-state index contributed by atoms with van der Waals surface area (Å²) in [4.78, 5) is 37.7. The number of carbonyl (C=O) groups excluding carboxylic acids is 1. The maximum atomic E-state index is 13.4. The van der Waals surface area contributed by atoms with E-state index in [4.69, 9.17) is 9.72 Å². The fraction of sp³-hybridized carbons (Fsp3) is 0.565. The van der Waals surface area contributed by atoms with Gasteiger partial charge in [-0.3, -0.25) is 4.79 Å². The van der Waals surface area contributed by atoms with Gasteiger partial charge in [0, 0.05) is 25.5 Å². The Hall–Kier alpha value is -3.14. The molecule has 1 aliphatic heterocycles. The molecule has 1 unspecified atom stereocenters. The van der Waals surface area contributed by atoms with Gasteiger partial charge in [0.15, 0.2) is 17.0 Å². The minimum Gasteiger partial charge on any atom is -0.377 e. The van der Waals surface area contributed by atoms with Crippen LogP contribution in [0.15, 0.2) is 18.7 Å². The first-order valence-electron chi connectivity index (χ1n) is 11.5. The molecule has 0 spiro atoms. The number of rotatable bonds is 7. The smallest absolute Gasteiger partial charge is 0.245 e. The molecule has 0 aliphatic carbocycles. The number of nitrogens with one attached hydrogen (secondary N) is 1. The standard InChI is InChI=1S/C23H32N8O2/c1-6-8-23(5)13-33-10-9-31(23)22(32)15(3)28-19-18-21(27-14-26-19)30(7-2)20(29-18)17-11-24-16(4)25-12-17/h11-12,14-15H,6-10,13H2,1-5H3,(H,26,27,28)/t15-,23?/m0/s1. The van der Waals surface area contributed by atoms with E-state index in [0.717, 1.165) is 24.2 Å². The monoisotopic (exact) mass is 452 g/mol. The number of fused-ring (bicyclic) bond motifs is 1. The minimum atomic E-state index is -0.477. The van der Waals surface area contributed by atoms with Crippen molar-refractivity contribution in [2.75, 3.05) is 25.1 Å². The number of hydrogen-bond acceptors (Lipinski definition) is 8. The van der Waals surface area contributed by atoms with E-state index in [1.165, 1.54) is 6.33 Å². The Morgan fingerprint density at radius 3 is 2.70 bits per heavy atom. The Balaban J connectivity index is 1.64. The molecule has 0 aromatic carbocycles. The van der Waals surface area contributed by atoms with Crippen molar-refractivity contribution in [1.82, 2.24) is 34.4 Å². The van der Waals surface area contributed by atoms with Gasteiger partial charge in [-0.1, -0.05) is 13.3 Å². The van der Waals surface area contributed by atoms with Crippen molar-refractivity contribution in [2.24, 2.45) is 0 Å². The molecule has 10 heteroatoms. The highest BCUT2D eigenvalue weighted by Gasteiger charge is 2.39. The summed E-state index contributed by atoms with van der Waals surface area (Å²) in [6.07, 6.45) is 6.90. The largest absolute Gasteiger partial charge is 0.377 e. The highest BCUT2D eigenvalue weighted by Crippen LogP contribution is 2.29. The summed E-state index contributed by atoms with van der Waals surface area (Å²) in [5, 5.41) is 3.30. The maximum Gasteiger partial charge on any atom is 0.245 e. The maximum absolute atomic E-state index is 13.4. The second kappa shape index (κ2) is 9.38. The van der Waals surface area contributed by atoms with Crippen LogP contribution in [-0.4, -0.2) is 71.6 Å². The van der Waals surface area contributed by atoms with Crippen LogP contribution in [0.3, 0.4) is 0 Å². The Kier molecular flexibility index (Phi) is 6.55. The predicted molar refractivity (Wildman–Crippen MR) is 126 cm³/mol. The van der Waals surface area contributed by atoms with Crippen LogP contribution in [0.5, 0.6) is 0 Å². The quantitative estimate of drug-likeness (QED) is 0.583. The second-order valence-electron chi connectivity index (χ2n) is 8.75. The Bertz CT molecular complexity index is 1130. The van der Waals surface area contributed by atoms with Gasteiger partial charge in [0.25, 0.3) is 0 Å². The molecule has 0 radical (unpaired) electrons. The summed E-state index contributed by atoms with van der Waals surface area (Å²) in [7, 11) is 0. The third-order valence-electron chi connectivity index (χ3n) is 6.19. The van der Waals surface area contributed by atoms with Crippen molar-refractivity contribution < 1.29 is 9.53 Å². The Morgan fingerprint density at radius 1 is 1.24 bits per heavy atom. The topological polar surface area (TPSA) is 111 Å². The molecule has 3 aromatic heterocycles. The van der Waals surface area contributed by atoms with Crippen LogP contribution < -0.4 is 5.32 Å². The third-order valence-corrected chi connectivity index (χ3v) is 6.19. The Morgan fingerprint density at radius 2 is 2.00 bits per heavy atom. The van der Waals surface area contributed by atoms with E-state index in [1.54, 1.807) is 12.4 Å². The zero-order valence-electron chi connectivity index (χ0n) is 20.0. The van der Waals surface area contributed by atoms with E-state index in [-0.39, 0.29) is 11.4 Å². The van der Waals surface area contributed by atoms with Crippen molar-refractivity contribution >= 4 is 22.9 Å². The van der Waals surface area contributed by atoms with Gasteiger partial charge in [-0.25, -0.2) is 24.9 Å². The van der Waals surface area contributed by atoms with E-state index < -0.39 is 6.04 Å². The highest BCUT2D eigenvalue weighted by atomic mass is 16.5. The van der Waals surface area contributed by atoms with Gasteiger partial charge >= 0.3 is 0 Å². The number of anilines is 1. The van der Waals surface area contributed by atoms with Gasteiger partial charge < -0.3 is 19.5 Å². The SMILES string of the molecule is CCCC1(C)COCCN1C(=O)[C@H](C)Nc1ncnc2c1nc(-c1cnc(C)nc1)n2CC. The number of hydrogen-bond donors (Lipinski definition) is 1. The molecule has 1 aliphatic rings. The van der Waals surface area contributed by atoms with E-state index in [2.05, 4.69) is 39.1 Å². The van der Waals surface area contributed by atoms with Crippen LogP contribution in [0.2, 0.25) is 0 Å². The van der Waals surface area contributed by atoms with Crippen molar-refractivity contribution in [1.29, 1.82) is 0 Å². The summed E-state index contributed by atoms with van der Waals surface area (Å²) in [6, 6.07) is -0.477. The molecule has 4 heterocycles. The molecular weight excluding hydrogens is 420 g/mol. The van der Waals surface area contributed by atoms with Gasteiger partial charge in [-0.2, -0.15) is 0 Å². The Labute approximate surface area is 193 Å². The molecule has 4 rings (SSSR count). The molecule has 3 aromatic rings. The number of imidazole rings is 1. The van der Waals surface area contributed by atoms with Crippen molar-refractivity contribution in [3.05, 3.63) is 24.5 Å². The number of nitrogens with zero attached hydrogens (tertiary/aromatic N) is 7. The van der Waals surface area contributed by atoms with E-state index in [1.807, 2.05) is 30.2 Å². The minimum absolute atomic E-state index is 0.0306. The number of amides is 1. The van der Waals surface area contributed by atoms with Crippen LogP contribution in [-0.2, 0) is 16.1 Å². The summed E-state index contributed by atoms with van der Waals surface area (Å²) >= 11 is 0. The first kappa shape index (κ1) is 23.0. The van der Waals surface area contributed by atoms with Gasteiger partial charge in [0.1, 0.15) is 24.0 Å². The van der Waals surface area contributed by atoms with Crippen LogP contribution in [0.1, 0.15) is 46.4 Å². The number of aromatic nitrogens is 6. The molecule has 1 amide bonds. The summed E-state index contributed by atoms with van der Waals surface area (Å²) in [6.45, 7) is 12.3. The fourth-order valence-corrected chi connectivity index (χ4v) is 4.49. The number of ether oxygens (including phenoxy) is 1. The lowest BCUT2D eigenvalue weighted by Gasteiger charge is -2.45. The van der Waals surface area contributed by atoms with Crippen molar-refractivity contribution in [2.45, 2.75) is 65.6 Å². The number of carbonyl (C=O) groups is 1. The summed E-state index contributed by atoms with van der Waals surface area (Å²) in [5.74, 6) is 1.99. The lowest BCUT2D eigenvalue weighted by Crippen LogP contribution is -2.60. The molecule has 1 saturated heterocycles. The van der Waals surface area contributed by atoms with E-state index >= 15 is 0 Å². The zero-order chi connectivity index (χ0) is 23.6. The molecule has 10 nitrogen and oxygen atoms in total. The molecule has 1 fully saturated rings. The van der Waals surface area contributed by atoms with Gasteiger partial charge in [-0.15, -0.1) is 0 Å². The summed E-state index contributed by atoms with van der Waals surface area (Å²) in [5.41, 5.74) is 1.82. The van der Waals surface area contributed by atoms with Crippen LogP contribution in [0, 0.1) is 6.92 Å². The van der Waals surface area contributed by atoms with Crippen molar-refractivity contribution in [3.63, 3.8) is 0 Å². The first-order valence-corrected chi connectivity index (χ1v) is 11.5. The average molecular weight is 453 g/mol. The predicted octanol–water partition coefficient (Wildman–Crippen LogP) is 2.83. The number of aryl methyl sites for hydroxylation is 2. The molecule has 0 saturated carbocycles. The normalized spacial score (nSPS) is 19.6. The fourth-order valence-electron chi connectivity index (χ4n) is 4.49. The van der Waals surface area contributed by atoms with E-state index in [0.29, 0.717) is 49.1 Å². The molecular formula is C23H32N8O2. The van der Waals surface area contributed by atoms with Gasteiger partial charge in [0.05, 0.1) is 24.3 Å². The highest BCUT2D eigenvalue weighted by molar-refractivity contribution is 5.90. The molecule has 1 N–H and O–H groups in total. The molecule has 0 bridgehead atoms. The molecule has 33 heavy (non-hydrogen) atoms. The second-order valence-corrected chi connectivity index (χ2v) is 8.75. The molecule has 2 atom stereocenters. The lowest BCUT2D eigenvalue weighted by atomic mass is 9.92. The van der Waals surface area contributed by atoms with E-state index in [9.17, 15) is 4.79 Å². The lowest BCUT2D eigenvalue weighted by molar-refractivity contribution is -0.149. The summed E-state index contributed by atoms with van der Waals surface area (Å²) < 4.78 is 7.70. The zero-order valence-corrected chi connectivity index (χ0v) is 20.0. The average Bonchev–Trinajstić information content (AvgIpc) is 3.19. The van der Waals surface area contributed by atoms with Crippen LogP contribution in [0.4, 0.5) is 5.82 Å².